The van der Waals surface area contributed by atoms with Gasteiger partial charge < -0.3 is 25.5 Å². The number of amides is 3. The van der Waals surface area contributed by atoms with Gasteiger partial charge in [-0.1, -0.05) is 84.4 Å². The minimum Gasteiger partial charge on any atom is -0.480 e. The monoisotopic (exact) mass is 584 g/mol. The van der Waals surface area contributed by atoms with Crippen molar-refractivity contribution >= 4 is 23.7 Å². The molecule has 0 radical (unpaired) electrons. The van der Waals surface area contributed by atoms with E-state index in [0.717, 1.165) is 11.1 Å². The van der Waals surface area contributed by atoms with Gasteiger partial charge in [-0.15, -0.1) is 0 Å². The molecule has 234 valence electrons. The predicted molar refractivity (Wildman–Crippen MR) is 166 cm³/mol. The summed E-state index contributed by atoms with van der Waals surface area (Å²) in [6, 6.07) is 5.36. The first kappa shape index (κ1) is 35.0. The van der Waals surface area contributed by atoms with Crippen LogP contribution >= 0.6 is 0 Å². The Balaban J connectivity index is 2.35. The quantitative estimate of drug-likeness (QED) is 0.340. The van der Waals surface area contributed by atoms with E-state index >= 15 is 0 Å². The SMILES string of the molecule is CN[C@H](C(=O)N[C@H](C(=O)N(C)[C@H](/C=C(\C)C(=O)N1CCC[C@@H]1C(=O)O)C(C)C)C(C)(C)C)C(C)(C)c1cccc(C)c1. The highest BCUT2D eigenvalue weighted by atomic mass is 16.4. The van der Waals surface area contributed by atoms with E-state index in [0.29, 0.717) is 25.0 Å². The van der Waals surface area contributed by atoms with Crippen molar-refractivity contribution in [3.8, 4) is 0 Å². The fraction of sp³-hybridized carbons (Fsp3) is 0.636. The van der Waals surface area contributed by atoms with E-state index in [-0.39, 0.29) is 23.6 Å². The maximum Gasteiger partial charge on any atom is 0.326 e. The highest BCUT2D eigenvalue weighted by Crippen LogP contribution is 2.30. The number of likely N-dealkylation sites (tertiary alicyclic amines) is 1. The molecule has 4 atom stereocenters. The third kappa shape index (κ3) is 8.00. The molecule has 3 N–H and O–H groups in total. The summed E-state index contributed by atoms with van der Waals surface area (Å²) in [5, 5.41) is 15.8. The lowest BCUT2D eigenvalue weighted by molar-refractivity contribution is -0.146. The summed E-state index contributed by atoms with van der Waals surface area (Å²) in [5.41, 5.74) is 1.35. The maximum absolute atomic E-state index is 14.1. The van der Waals surface area contributed by atoms with Gasteiger partial charge in [-0.2, -0.15) is 0 Å². The van der Waals surface area contributed by atoms with Gasteiger partial charge in [0.1, 0.15) is 12.1 Å². The molecule has 1 aliphatic rings. The van der Waals surface area contributed by atoms with Crippen LogP contribution in [0, 0.1) is 18.3 Å². The zero-order valence-corrected chi connectivity index (χ0v) is 27.4. The smallest absolute Gasteiger partial charge is 0.326 e. The summed E-state index contributed by atoms with van der Waals surface area (Å²) < 4.78 is 0. The molecule has 1 aromatic rings. The predicted octanol–water partition coefficient (Wildman–Crippen LogP) is 3.90. The Morgan fingerprint density at radius 3 is 2.21 bits per heavy atom. The van der Waals surface area contributed by atoms with Crippen molar-refractivity contribution < 1.29 is 24.3 Å². The minimum atomic E-state index is -1.00. The standard InChI is InChI=1S/C33H52N4O5/c1-20(2)25(19-22(4)29(39)37-17-13-16-24(37)31(41)42)36(11)30(40)27(32(5,6)7)35-28(38)26(34-10)33(8,9)23-15-12-14-21(3)18-23/h12,14-15,18-20,24-27,34H,13,16-17H2,1-11H3,(H,35,38)(H,41,42)/b22-19+/t24-,25-,26-,27-/m1/s1. The number of benzene rings is 1. The van der Waals surface area contributed by atoms with E-state index in [1.807, 2.05) is 73.6 Å². The van der Waals surface area contributed by atoms with Crippen molar-refractivity contribution in [3.05, 3.63) is 47.0 Å². The van der Waals surface area contributed by atoms with Crippen LogP contribution in [0.15, 0.2) is 35.9 Å². The number of nitrogens with zero attached hydrogens (tertiary/aromatic N) is 2. The summed E-state index contributed by atoms with van der Waals surface area (Å²) in [5.74, 6) is -1.92. The van der Waals surface area contributed by atoms with Crippen molar-refractivity contribution in [2.24, 2.45) is 11.3 Å². The average Bonchev–Trinajstić information content (AvgIpc) is 3.39. The molecule has 42 heavy (non-hydrogen) atoms. The Bertz CT molecular complexity index is 1180. The third-order valence-electron chi connectivity index (χ3n) is 8.47. The van der Waals surface area contributed by atoms with Crippen molar-refractivity contribution in [1.82, 2.24) is 20.4 Å². The summed E-state index contributed by atoms with van der Waals surface area (Å²) in [6.07, 6.45) is 2.83. The van der Waals surface area contributed by atoms with Gasteiger partial charge in [0.15, 0.2) is 0 Å². The number of carboxylic acids is 1. The summed E-state index contributed by atoms with van der Waals surface area (Å²) in [6.45, 7) is 17.8. The van der Waals surface area contributed by atoms with Crippen LogP contribution in [0.5, 0.6) is 0 Å². The Morgan fingerprint density at radius 1 is 1.10 bits per heavy atom. The van der Waals surface area contributed by atoms with Gasteiger partial charge in [0.2, 0.25) is 17.7 Å². The van der Waals surface area contributed by atoms with Gasteiger partial charge in [0.25, 0.3) is 0 Å². The molecular weight excluding hydrogens is 532 g/mol. The number of rotatable bonds is 11. The summed E-state index contributed by atoms with van der Waals surface area (Å²) in [7, 11) is 3.44. The van der Waals surface area contributed by atoms with Crippen molar-refractivity contribution in [3.63, 3.8) is 0 Å². The van der Waals surface area contributed by atoms with Crippen LogP contribution in [0.4, 0.5) is 0 Å². The second-order valence-electron chi connectivity index (χ2n) is 13.6. The van der Waals surface area contributed by atoms with Gasteiger partial charge in [-0.3, -0.25) is 14.4 Å². The van der Waals surface area contributed by atoms with Crippen molar-refractivity contribution in [1.29, 1.82) is 0 Å². The van der Waals surface area contributed by atoms with Crippen molar-refractivity contribution in [2.75, 3.05) is 20.6 Å². The van der Waals surface area contributed by atoms with Crippen LogP contribution in [0.25, 0.3) is 0 Å². The average molecular weight is 585 g/mol. The third-order valence-corrected chi connectivity index (χ3v) is 8.47. The number of carboxylic acid groups (broad SMARTS) is 1. The molecule has 9 heteroatoms. The number of hydrogen-bond acceptors (Lipinski definition) is 5. The molecule has 0 spiro atoms. The molecule has 1 aliphatic heterocycles. The molecule has 0 saturated carbocycles. The molecule has 0 bridgehead atoms. The number of aliphatic carboxylic acids is 1. The minimum absolute atomic E-state index is 0.0443. The first-order valence-electron chi connectivity index (χ1n) is 14.9. The molecule has 1 saturated heterocycles. The van der Waals surface area contributed by atoms with Gasteiger partial charge in [0.05, 0.1) is 12.1 Å². The first-order valence-corrected chi connectivity index (χ1v) is 14.9. The Morgan fingerprint density at radius 2 is 1.71 bits per heavy atom. The Kier molecular flexibility index (Phi) is 11.5. The van der Waals surface area contributed by atoms with E-state index in [4.69, 9.17) is 0 Å². The van der Waals surface area contributed by atoms with E-state index in [9.17, 15) is 24.3 Å². The molecule has 3 amide bonds. The van der Waals surface area contributed by atoms with Crippen LogP contribution in [0.3, 0.4) is 0 Å². The van der Waals surface area contributed by atoms with Crippen LogP contribution in [-0.2, 0) is 24.6 Å². The second kappa shape index (κ2) is 13.8. The fourth-order valence-electron chi connectivity index (χ4n) is 5.83. The number of carbonyl (C=O) groups excluding carboxylic acids is 3. The summed E-state index contributed by atoms with van der Waals surface area (Å²) in [4.78, 5) is 55.8. The molecule has 0 unspecified atom stereocenters. The van der Waals surface area contributed by atoms with Crippen LogP contribution in [-0.4, -0.2) is 83.4 Å². The van der Waals surface area contributed by atoms with Crippen LogP contribution in [0.1, 0.15) is 79.4 Å². The van der Waals surface area contributed by atoms with Crippen LogP contribution < -0.4 is 10.6 Å². The fourth-order valence-corrected chi connectivity index (χ4v) is 5.83. The lowest BCUT2D eigenvalue weighted by Crippen LogP contribution is -2.61. The number of nitrogens with one attached hydrogen (secondary N) is 2. The lowest BCUT2D eigenvalue weighted by Gasteiger charge is -2.40. The van der Waals surface area contributed by atoms with E-state index in [1.165, 1.54) is 4.90 Å². The summed E-state index contributed by atoms with van der Waals surface area (Å²) >= 11 is 0. The number of aryl methyl sites for hydroxylation is 1. The normalized spacial score (nSPS) is 18.4. The number of likely N-dealkylation sites (N-methyl/N-ethyl adjacent to an activating group) is 2. The van der Waals surface area contributed by atoms with Gasteiger partial charge in [-0.05, 0) is 50.6 Å². The number of carbonyl (C=O) groups is 4. The van der Waals surface area contributed by atoms with Crippen LogP contribution in [0.2, 0.25) is 0 Å². The van der Waals surface area contributed by atoms with E-state index < -0.39 is 41.0 Å². The van der Waals surface area contributed by atoms with E-state index in [1.54, 1.807) is 32.0 Å². The Hall–Kier alpha value is -3.20. The Labute approximate surface area is 252 Å². The lowest BCUT2D eigenvalue weighted by atomic mass is 9.76. The molecule has 0 aliphatic carbocycles. The first-order chi connectivity index (χ1) is 19.3. The zero-order chi connectivity index (χ0) is 32.2. The molecular formula is C33H52N4O5. The zero-order valence-electron chi connectivity index (χ0n) is 27.4. The molecule has 2 rings (SSSR count). The molecule has 1 fully saturated rings. The molecule has 1 aromatic carbocycles. The molecule has 9 nitrogen and oxygen atoms in total. The molecule has 1 heterocycles. The van der Waals surface area contributed by atoms with Gasteiger partial charge in [-0.25, -0.2) is 4.79 Å². The number of hydrogen-bond donors (Lipinski definition) is 3. The van der Waals surface area contributed by atoms with Gasteiger partial charge in [0, 0.05) is 24.6 Å². The highest BCUT2D eigenvalue weighted by molar-refractivity contribution is 5.96. The topological polar surface area (TPSA) is 119 Å². The van der Waals surface area contributed by atoms with Crippen molar-refractivity contribution in [2.45, 2.75) is 105 Å². The molecule has 0 aromatic heterocycles. The van der Waals surface area contributed by atoms with E-state index in [2.05, 4.69) is 16.7 Å². The van der Waals surface area contributed by atoms with Gasteiger partial charge >= 0.3 is 5.97 Å². The highest BCUT2D eigenvalue weighted by Gasteiger charge is 2.42. The second-order valence-corrected chi connectivity index (χ2v) is 13.6. The largest absolute Gasteiger partial charge is 0.480 e. The maximum atomic E-state index is 14.1.